The first-order valence-electron chi connectivity index (χ1n) is 5.89. The van der Waals surface area contributed by atoms with Gasteiger partial charge in [-0.1, -0.05) is 6.07 Å². The molecule has 1 heterocycles. The van der Waals surface area contributed by atoms with E-state index in [2.05, 4.69) is 4.98 Å². The van der Waals surface area contributed by atoms with Gasteiger partial charge < -0.3 is 20.3 Å². The summed E-state index contributed by atoms with van der Waals surface area (Å²) < 4.78 is 10.9. The van der Waals surface area contributed by atoms with Gasteiger partial charge in [0.2, 0.25) is 0 Å². The molecule has 0 aliphatic rings. The van der Waals surface area contributed by atoms with Crippen LogP contribution in [0, 0.1) is 5.41 Å². The lowest BCUT2D eigenvalue weighted by Crippen LogP contribution is -2.12. The largest absolute Gasteiger partial charge is 0.493 e. The molecule has 0 fully saturated rings. The molecule has 0 spiro atoms. The van der Waals surface area contributed by atoms with Gasteiger partial charge in [-0.05, 0) is 23.8 Å². The summed E-state index contributed by atoms with van der Waals surface area (Å²) in [5, 5.41) is 16.6. The summed E-state index contributed by atoms with van der Waals surface area (Å²) in [5.41, 5.74) is 6.66. The van der Waals surface area contributed by atoms with Crippen molar-refractivity contribution in [3.63, 3.8) is 0 Å². The maximum absolute atomic E-state index is 9.10. The first kappa shape index (κ1) is 13.8. The van der Waals surface area contributed by atoms with E-state index in [9.17, 15) is 0 Å². The lowest BCUT2D eigenvalue weighted by Gasteiger charge is -2.13. The lowest BCUT2D eigenvalue weighted by molar-refractivity contribution is 0.280. The highest BCUT2D eigenvalue weighted by atomic mass is 16.5. The number of aliphatic hydroxyl groups is 1. The summed E-state index contributed by atoms with van der Waals surface area (Å²) >= 11 is 0. The van der Waals surface area contributed by atoms with E-state index in [1.807, 2.05) is 0 Å². The lowest BCUT2D eigenvalue weighted by atomic mass is 10.2. The Morgan fingerprint density at radius 2 is 2.10 bits per heavy atom. The molecule has 0 aliphatic carbocycles. The van der Waals surface area contributed by atoms with E-state index in [0.717, 1.165) is 0 Å². The Morgan fingerprint density at radius 1 is 1.30 bits per heavy atom. The van der Waals surface area contributed by atoms with E-state index in [1.165, 1.54) is 19.5 Å². The summed E-state index contributed by atoms with van der Waals surface area (Å²) in [6.07, 6.45) is 3.02. The van der Waals surface area contributed by atoms with Gasteiger partial charge in [0.15, 0.2) is 17.2 Å². The highest BCUT2D eigenvalue weighted by molar-refractivity contribution is 5.97. The standard InChI is InChI=1S/C14H15N3O3/c1-19-12-6-9(8-18)2-3-11(12)20-13-7-17-5-4-10(13)14(15)16/h2-7,18H,8H2,1H3,(H3,15,16). The van der Waals surface area contributed by atoms with Crippen LogP contribution >= 0.6 is 0 Å². The van der Waals surface area contributed by atoms with Crippen molar-refractivity contribution in [3.8, 4) is 17.2 Å². The minimum absolute atomic E-state index is 0.0811. The molecule has 0 aliphatic heterocycles. The second-order valence-electron chi connectivity index (χ2n) is 4.03. The van der Waals surface area contributed by atoms with E-state index in [-0.39, 0.29) is 12.4 Å². The third-order valence-electron chi connectivity index (χ3n) is 2.71. The smallest absolute Gasteiger partial charge is 0.169 e. The first-order chi connectivity index (χ1) is 9.65. The van der Waals surface area contributed by atoms with Crippen LogP contribution in [-0.4, -0.2) is 23.0 Å². The number of benzene rings is 1. The van der Waals surface area contributed by atoms with Gasteiger partial charge in [0.1, 0.15) is 5.84 Å². The SMILES string of the molecule is COc1cc(CO)ccc1Oc1cnccc1C(=N)N. The molecule has 0 saturated carbocycles. The number of amidine groups is 1. The molecule has 6 nitrogen and oxygen atoms in total. The quantitative estimate of drug-likeness (QED) is 0.568. The Kier molecular flexibility index (Phi) is 4.17. The maximum atomic E-state index is 9.10. The minimum Gasteiger partial charge on any atom is -0.493 e. The van der Waals surface area contributed by atoms with Crippen LogP contribution in [-0.2, 0) is 6.61 Å². The number of pyridine rings is 1. The molecular weight excluding hydrogens is 258 g/mol. The molecule has 0 bridgehead atoms. The van der Waals surface area contributed by atoms with E-state index in [0.29, 0.717) is 28.4 Å². The molecule has 1 aromatic carbocycles. The van der Waals surface area contributed by atoms with Crippen molar-refractivity contribution in [1.82, 2.24) is 4.98 Å². The van der Waals surface area contributed by atoms with Crippen molar-refractivity contribution < 1.29 is 14.6 Å². The Balaban J connectivity index is 2.37. The van der Waals surface area contributed by atoms with Crippen molar-refractivity contribution in [2.24, 2.45) is 5.73 Å². The van der Waals surface area contributed by atoms with Gasteiger partial charge in [-0.3, -0.25) is 10.4 Å². The van der Waals surface area contributed by atoms with Crippen LogP contribution in [0.2, 0.25) is 0 Å². The Labute approximate surface area is 116 Å². The third kappa shape index (κ3) is 2.86. The number of ether oxygens (including phenoxy) is 2. The molecule has 2 rings (SSSR count). The number of aromatic nitrogens is 1. The summed E-state index contributed by atoms with van der Waals surface area (Å²) in [4.78, 5) is 3.96. The molecule has 4 N–H and O–H groups in total. The topological polar surface area (TPSA) is 101 Å². The number of nitrogens with two attached hydrogens (primary N) is 1. The van der Waals surface area contributed by atoms with E-state index in [4.69, 9.17) is 25.7 Å². The van der Waals surface area contributed by atoms with Crippen molar-refractivity contribution in [2.75, 3.05) is 7.11 Å². The van der Waals surface area contributed by atoms with Crippen molar-refractivity contribution in [3.05, 3.63) is 47.8 Å². The fourth-order valence-corrected chi connectivity index (χ4v) is 1.70. The Hall–Kier alpha value is -2.60. The summed E-state index contributed by atoms with van der Waals surface area (Å²) in [6, 6.07) is 6.69. The Bertz CT molecular complexity index is 629. The Morgan fingerprint density at radius 3 is 2.75 bits per heavy atom. The van der Waals surface area contributed by atoms with E-state index < -0.39 is 0 Å². The molecule has 6 heteroatoms. The van der Waals surface area contributed by atoms with Gasteiger partial charge in [-0.2, -0.15) is 0 Å². The molecule has 20 heavy (non-hydrogen) atoms. The predicted octanol–water partition coefficient (Wildman–Crippen LogP) is 1.66. The molecule has 2 aromatic rings. The van der Waals surface area contributed by atoms with Crippen LogP contribution in [0.3, 0.4) is 0 Å². The monoisotopic (exact) mass is 273 g/mol. The van der Waals surface area contributed by atoms with Gasteiger partial charge in [0.05, 0.1) is 25.5 Å². The number of hydrogen-bond donors (Lipinski definition) is 3. The average Bonchev–Trinajstić information content (AvgIpc) is 2.48. The summed E-state index contributed by atoms with van der Waals surface area (Å²) in [5.74, 6) is 1.21. The molecule has 0 unspecified atom stereocenters. The second-order valence-corrected chi connectivity index (χ2v) is 4.03. The van der Waals surface area contributed by atoms with Crippen LogP contribution in [0.4, 0.5) is 0 Å². The van der Waals surface area contributed by atoms with Gasteiger partial charge in [0, 0.05) is 6.20 Å². The molecule has 0 amide bonds. The zero-order valence-electron chi connectivity index (χ0n) is 11.0. The number of nitrogen functional groups attached to an aromatic ring is 1. The van der Waals surface area contributed by atoms with Crippen molar-refractivity contribution >= 4 is 5.84 Å². The number of methoxy groups -OCH3 is 1. The van der Waals surface area contributed by atoms with E-state index >= 15 is 0 Å². The molecule has 0 atom stereocenters. The fraction of sp³-hybridized carbons (Fsp3) is 0.143. The average molecular weight is 273 g/mol. The number of hydrogen-bond acceptors (Lipinski definition) is 5. The third-order valence-corrected chi connectivity index (χ3v) is 2.71. The van der Waals surface area contributed by atoms with Crippen LogP contribution in [0.15, 0.2) is 36.7 Å². The summed E-state index contributed by atoms with van der Waals surface area (Å²) in [6.45, 7) is -0.0811. The molecule has 1 aromatic heterocycles. The normalized spacial score (nSPS) is 10.1. The predicted molar refractivity (Wildman–Crippen MR) is 74.2 cm³/mol. The number of nitrogens with one attached hydrogen (secondary N) is 1. The van der Waals surface area contributed by atoms with Crippen molar-refractivity contribution in [2.45, 2.75) is 6.61 Å². The van der Waals surface area contributed by atoms with Crippen LogP contribution in [0.1, 0.15) is 11.1 Å². The zero-order valence-corrected chi connectivity index (χ0v) is 11.0. The number of rotatable bonds is 5. The molecule has 0 saturated heterocycles. The molecule has 104 valence electrons. The zero-order chi connectivity index (χ0) is 14.5. The number of aliphatic hydroxyl groups excluding tert-OH is 1. The van der Waals surface area contributed by atoms with Gasteiger partial charge in [-0.25, -0.2) is 0 Å². The minimum atomic E-state index is -0.103. The first-order valence-corrected chi connectivity index (χ1v) is 5.89. The van der Waals surface area contributed by atoms with E-state index in [1.54, 1.807) is 24.3 Å². The van der Waals surface area contributed by atoms with Crippen LogP contribution < -0.4 is 15.2 Å². The molecular formula is C14H15N3O3. The summed E-state index contributed by atoms with van der Waals surface area (Å²) in [7, 11) is 1.51. The van der Waals surface area contributed by atoms with Gasteiger partial charge >= 0.3 is 0 Å². The van der Waals surface area contributed by atoms with Gasteiger partial charge in [0.25, 0.3) is 0 Å². The number of nitrogens with zero attached hydrogens (tertiary/aromatic N) is 1. The van der Waals surface area contributed by atoms with Crippen molar-refractivity contribution in [1.29, 1.82) is 5.41 Å². The fourth-order valence-electron chi connectivity index (χ4n) is 1.70. The highest BCUT2D eigenvalue weighted by Crippen LogP contribution is 2.33. The van der Waals surface area contributed by atoms with Crippen LogP contribution in [0.5, 0.6) is 17.2 Å². The van der Waals surface area contributed by atoms with Gasteiger partial charge in [-0.15, -0.1) is 0 Å². The highest BCUT2D eigenvalue weighted by Gasteiger charge is 2.11. The maximum Gasteiger partial charge on any atom is 0.169 e. The van der Waals surface area contributed by atoms with Crippen LogP contribution in [0.25, 0.3) is 0 Å². The molecule has 0 radical (unpaired) electrons. The second kappa shape index (κ2) is 6.03.